The van der Waals surface area contributed by atoms with E-state index in [1.807, 2.05) is 24.3 Å². The van der Waals surface area contributed by atoms with Crippen LogP contribution in [0.4, 0.5) is 5.69 Å². The molecule has 0 radical (unpaired) electrons. The first kappa shape index (κ1) is 24.0. The third-order valence-corrected chi connectivity index (χ3v) is 6.48. The summed E-state index contributed by atoms with van der Waals surface area (Å²) in [7, 11) is 1.60. The van der Waals surface area contributed by atoms with Gasteiger partial charge in [-0.25, -0.2) is 0 Å². The summed E-state index contributed by atoms with van der Waals surface area (Å²) in [4.78, 5) is 14.5. The lowest BCUT2D eigenvalue weighted by Gasteiger charge is -2.24. The van der Waals surface area contributed by atoms with Gasteiger partial charge in [0.25, 0.3) is 0 Å². The van der Waals surface area contributed by atoms with E-state index in [4.69, 9.17) is 9.47 Å². The summed E-state index contributed by atoms with van der Waals surface area (Å²) in [6.07, 6.45) is 0. The highest BCUT2D eigenvalue weighted by molar-refractivity contribution is 9.11. The first-order valence-corrected chi connectivity index (χ1v) is 11.2. The number of nitrogens with zero attached hydrogens (tertiary/aromatic N) is 1. The number of hydrogen-bond acceptors (Lipinski definition) is 6. The molecule has 1 aliphatic rings. The number of phenolic OH excluding ortho intramolecular Hbond substituents is 1. The van der Waals surface area contributed by atoms with Gasteiger partial charge in [0.15, 0.2) is 17.2 Å². The van der Waals surface area contributed by atoms with Gasteiger partial charge in [0, 0.05) is 16.8 Å². The van der Waals surface area contributed by atoms with E-state index in [1.54, 1.807) is 35.9 Å². The molecule has 2 aromatic rings. The van der Waals surface area contributed by atoms with E-state index in [9.17, 15) is 9.90 Å². The van der Waals surface area contributed by atoms with Crippen LogP contribution < -0.4 is 14.8 Å². The Kier molecular flexibility index (Phi) is 9.26. The maximum atomic E-state index is 12.7. The van der Waals surface area contributed by atoms with E-state index >= 15 is 0 Å². The van der Waals surface area contributed by atoms with Crippen molar-refractivity contribution in [2.45, 2.75) is 5.37 Å². The molecule has 3 rings (SSSR count). The Balaban J connectivity index is 0.00000300. The summed E-state index contributed by atoms with van der Waals surface area (Å²) in [5.74, 6) is 2.21. The summed E-state index contributed by atoms with van der Waals surface area (Å²) >= 11 is 8.35. The summed E-state index contributed by atoms with van der Waals surface area (Å²) in [6.45, 7) is 1.13. The third kappa shape index (κ3) is 6.10. The van der Waals surface area contributed by atoms with Crippen molar-refractivity contribution in [3.8, 4) is 17.2 Å². The molecule has 6 nitrogen and oxygen atoms in total. The van der Waals surface area contributed by atoms with E-state index in [-0.39, 0.29) is 36.0 Å². The van der Waals surface area contributed by atoms with Crippen LogP contribution in [0.3, 0.4) is 0 Å². The Morgan fingerprint density at radius 1 is 1.31 bits per heavy atom. The number of aromatic hydroxyl groups is 1. The van der Waals surface area contributed by atoms with Crippen molar-refractivity contribution in [2.24, 2.45) is 0 Å². The maximum Gasteiger partial charge on any atom is 0.242 e. The highest BCUT2D eigenvalue weighted by Gasteiger charge is 2.30. The Bertz CT molecular complexity index is 859. The number of anilines is 1. The van der Waals surface area contributed by atoms with Crippen LogP contribution in [0.15, 0.2) is 45.3 Å². The first-order chi connectivity index (χ1) is 13.5. The number of halogens is 3. The number of hydrogen-bond donors (Lipinski definition) is 2. The molecule has 0 spiro atoms. The van der Waals surface area contributed by atoms with Crippen molar-refractivity contribution in [1.29, 1.82) is 0 Å². The van der Waals surface area contributed by atoms with Crippen LogP contribution in [0.1, 0.15) is 0 Å². The molecular formula is C19H21Br2ClN2O4S. The molecule has 1 amide bonds. The summed E-state index contributed by atoms with van der Waals surface area (Å²) in [5.41, 5.74) is 0.489. The zero-order chi connectivity index (χ0) is 20.1. The number of phenols is 1. The van der Waals surface area contributed by atoms with Gasteiger partial charge in [-0.05, 0) is 40.2 Å². The molecule has 1 heterocycles. The van der Waals surface area contributed by atoms with Gasteiger partial charge in [-0.2, -0.15) is 0 Å². The molecule has 29 heavy (non-hydrogen) atoms. The Hall–Kier alpha value is -1.29. The third-order valence-electron chi connectivity index (χ3n) is 4.22. The number of carbonyl (C=O) groups excluding carboxylic acids is 1. The minimum Gasteiger partial charge on any atom is -0.505 e. The zero-order valence-electron chi connectivity index (χ0n) is 15.6. The number of nitrogens with one attached hydrogen (secondary N) is 1. The van der Waals surface area contributed by atoms with Gasteiger partial charge < -0.3 is 24.8 Å². The number of para-hydroxylation sites is 2. The first-order valence-electron chi connectivity index (χ1n) is 8.58. The molecule has 0 bridgehead atoms. The Morgan fingerprint density at radius 2 is 2.03 bits per heavy atom. The van der Waals surface area contributed by atoms with Gasteiger partial charge in [-0.1, -0.05) is 28.1 Å². The normalized spacial score (nSPS) is 15.6. The van der Waals surface area contributed by atoms with E-state index < -0.39 is 0 Å². The number of thioether (sulfide) groups is 1. The second-order valence-electron chi connectivity index (χ2n) is 6.01. The lowest BCUT2D eigenvalue weighted by Crippen LogP contribution is -2.41. The highest BCUT2D eigenvalue weighted by Crippen LogP contribution is 2.35. The second-order valence-corrected chi connectivity index (χ2v) is 9.07. The molecule has 0 aromatic heterocycles. The number of carbonyl (C=O) groups is 1. The monoisotopic (exact) mass is 566 g/mol. The Morgan fingerprint density at radius 3 is 2.76 bits per heavy atom. The smallest absolute Gasteiger partial charge is 0.242 e. The molecule has 1 aliphatic heterocycles. The molecule has 1 saturated heterocycles. The van der Waals surface area contributed by atoms with Crippen LogP contribution in [-0.2, 0) is 4.79 Å². The fraction of sp³-hybridized carbons (Fsp3) is 0.316. The SMILES string of the molecule is COc1ccccc1OCC1SCCN1C(=O)CNc1cc(Br)cc(Br)c1O.Cl. The van der Waals surface area contributed by atoms with Crippen LogP contribution in [0, 0.1) is 0 Å². The average molecular weight is 569 g/mol. The van der Waals surface area contributed by atoms with Crippen LogP contribution in [0.5, 0.6) is 17.2 Å². The van der Waals surface area contributed by atoms with Gasteiger partial charge in [-0.15, -0.1) is 24.2 Å². The zero-order valence-corrected chi connectivity index (χ0v) is 20.4. The van der Waals surface area contributed by atoms with Crippen LogP contribution in [0.25, 0.3) is 0 Å². The number of benzene rings is 2. The number of amides is 1. The van der Waals surface area contributed by atoms with Crippen molar-refractivity contribution >= 4 is 67.6 Å². The second kappa shape index (κ2) is 11.2. The minimum atomic E-state index is -0.0675. The molecule has 0 aliphatic carbocycles. The molecule has 1 atom stereocenters. The van der Waals surface area contributed by atoms with E-state index in [0.717, 1.165) is 10.2 Å². The fourth-order valence-corrected chi connectivity index (χ4v) is 5.18. The summed E-state index contributed by atoms with van der Waals surface area (Å²) in [6, 6.07) is 10.9. The topological polar surface area (TPSA) is 71.0 Å². The van der Waals surface area contributed by atoms with Crippen LogP contribution in [0.2, 0.25) is 0 Å². The largest absolute Gasteiger partial charge is 0.505 e. The van der Waals surface area contributed by atoms with Gasteiger partial charge >= 0.3 is 0 Å². The predicted octanol–water partition coefficient (Wildman–Crippen LogP) is 4.74. The minimum absolute atomic E-state index is 0. The van der Waals surface area contributed by atoms with Crippen molar-refractivity contribution in [2.75, 3.05) is 37.9 Å². The van der Waals surface area contributed by atoms with Gasteiger partial charge in [0.2, 0.25) is 5.91 Å². The van der Waals surface area contributed by atoms with Gasteiger partial charge in [0.1, 0.15) is 12.0 Å². The average Bonchev–Trinajstić information content (AvgIpc) is 3.16. The van der Waals surface area contributed by atoms with Crippen LogP contribution >= 0.6 is 56.0 Å². The van der Waals surface area contributed by atoms with Crippen molar-refractivity contribution < 1.29 is 19.4 Å². The molecule has 1 unspecified atom stereocenters. The molecule has 0 saturated carbocycles. The molecule has 2 aromatic carbocycles. The summed E-state index contributed by atoms with van der Waals surface area (Å²) < 4.78 is 12.5. The van der Waals surface area contributed by atoms with Crippen molar-refractivity contribution in [1.82, 2.24) is 4.90 Å². The molecule has 1 fully saturated rings. The molecule has 158 valence electrons. The fourth-order valence-electron chi connectivity index (χ4n) is 2.82. The van der Waals surface area contributed by atoms with E-state index in [0.29, 0.717) is 34.8 Å². The van der Waals surface area contributed by atoms with Gasteiger partial charge in [-0.3, -0.25) is 4.79 Å². The Labute approximate surface area is 197 Å². The van der Waals surface area contributed by atoms with Crippen molar-refractivity contribution in [3.05, 3.63) is 45.3 Å². The standard InChI is InChI=1S/C19H20Br2N2O4S.ClH/c1-26-15-4-2-3-5-16(15)27-11-18-23(6-7-28-18)17(24)10-22-14-9-12(20)8-13(21)19(14)25;/h2-5,8-9,18,22,25H,6-7,10-11H2,1H3;1H. The predicted molar refractivity (Wildman–Crippen MR) is 126 cm³/mol. The number of rotatable bonds is 7. The number of methoxy groups -OCH3 is 1. The highest BCUT2D eigenvalue weighted by atomic mass is 79.9. The number of ether oxygens (including phenoxy) is 2. The lowest BCUT2D eigenvalue weighted by molar-refractivity contribution is -0.129. The maximum absolute atomic E-state index is 12.7. The lowest BCUT2D eigenvalue weighted by atomic mass is 10.3. The molecule has 2 N–H and O–H groups in total. The van der Waals surface area contributed by atoms with E-state index in [1.165, 1.54) is 0 Å². The van der Waals surface area contributed by atoms with Crippen molar-refractivity contribution in [3.63, 3.8) is 0 Å². The summed E-state index contributed by atoms with van der Waals surface area (Å²) in [5, 5.41) is 13.1. The quantitative estimate of drug-likeness (QED) is 0.471. The molecular weight excluding hydrogens is 548 g/mol. The molecule has 10 heteroatoms. The van der Waals surface area contributed by atoms with E-state index in [2.05, 4.69) is 37.2 Å². The van der Waals surface area contributed by atoms with Gasteiger partial charge in [0.05, 0.1) is 23.8 Å². The van der Waals surface area contributed by atoms with Crippen LogP contribution in [-0.4, -0.2) is 53.8 Å².